The van der Waals surface area contributed by atoms with Gasteiger partial charge in [0.25, 0.3) is 0 Å². The van der Waals surface area contributed by atoms with E-state index in [9.17, 15) is 45.0 Å². The highest BCUT2D eigenvalue weighted by atomic mass is 16.7. The Morgan fingerprint density at radius 1 is 0.941 bits per heavy atom. The number of likely N-dealkylation sites (N-methyl/N-ethyl adjacent to an activating group) is 1. The van der Waals surface area contributed by atoms with Crippen molar-refractivity contribution in [1.82, 2.24) is 4.90 Å². The highest BCUT2D eigenvalue weighted by Crippen LogP contribution is 2.54. The summed E-state index contributed by atoms with van der Waals surface area (Å²) in [5, 5.41) is 65.4. The molecule has 2 aliphatic heterocycles. The summed E-state index contributed by atoms with van der Waals surface area (Å²) in [5.41, 5.74) is -3.53. The maximum atomic E-state index is 13.9. The largest absolute Gasteiger partial charge is 0.507 e. The molecule has 2 aromatic carbocycles. The van der Waals surface area contributed by atoms with Crippen molar-refractivity contribution in [3.63, 3.8) is 0 Å². The summed E-state index contributed by atoms with van der Waals surface area (Å²) in [5.74, 6) is -5.85. The number of esters is 1. The maximum Gasteiger partial charge on any atom is 0.316 e. The van der Waals surface area contributed by atoms with Gasteiger partial charge in [0.2, 0.25) is 5.78 Å². The first-order valence-electron chi connectivity index (χ1n) is 17.0. The molecule has 2 heterocycles. The zero-order valence-electron chi connectivity index (χ0n) is 29.2. The Morgan fingerprint density at radius 3 is 2.14 bits per heavy atom. The van der Waals surface area contributed by atoms with E-state index in [0.29, 0.717) is 0 Å². The van der Waals surface area contributed by atoms with E-state index in [0.717, 1.165) is 19.2 Å². The van der Waals surface area contributed by atoms with Gasteiger partial charge >= 0.3 is 5.97 Å². The second-order valence-electron chi connectivity index (χ2n) is 14.1. The van der Waals surface area contributed by atoms with Crippen molar-refractivity contribution in [2.45, 2.75) is 113 Å². The third-order valence-corrected chi connectivity index (χ3v) is 10.8. The van der Waals surface area contributed by atoms with Gasteiger partial charge < -0.3 is 59.2 Å². The number of carbonyl (C=O) groups excluding carboxylic acids is 3. The third-order valence-electron chi connectivity index (χ3n) is 10.8. The Kier molecular flexibility index (Phi) is 9.97. The van der Waals surface area contributed by atoms with Crippen molar-refractivity contribution in [2.24, 2.45) is 0 Å². The molecule has 4 aliphatic rings. The van der Waals surface area contributed by atoms with E-state index >= 15 is 0 Å². The number of methoxy groups -OCH3 is 1. The molecule has 6 N–H and O–H groups in total. The standard InChI is InChI=1S/C36H45NO14/c1-7-36(46)13-22(50-23-11-18(37(4)5)34(15(3)49-23)51-24-12-21(40)30(41)14(2)48-24)25-16(29(36)35(45)47-6)10-17-26(32(25)43)33(44)28-20(39)9-8-19(38)27(28)31(17)42/h8-10,14-15,18,21-24,29-30,34,38-41,43,46H,7,11-13H2,1-6H3/t14?,15?,18?,21?,22-,23?,24?,29-,30?,34?,36?/m0/s1. The molecule has 2 saturated heterocycles. The van der Waals surface area contributed by atoms with E-state index in [1.54, 1.807) is 20.8 Å². The van der Waals surface area contributed by atoms with E-state index in [1.165, 1.54) is 6.07 Å². The van der Waals surface area contributed by atoms with Crippen LogP contribution in [-0.4, -0.2) is 129 Å². The number of phenolic OH excluding ortho intramolecular Hbond substituents is 3. The number of carbonyl (C=O) groups is 3. The number of aromatic hydroxyl groups is 3. The number of phenols is 3. The minimum Gasteiger partial charge on any atom is -0.507 e. The van der Waals surface area contributed by atoms with Gasteiger partial charge in [-0.1, -0.05) is 6.92 Å². The van der Waals surface area contributed by atoms with Crippen LogP contribution in [0.15, 0.2) is 18.2 Å². The Hall–Kier alpha value is -3.67. The van der Waals surface area contributed by atoms with Gasteiger partial charge in [-0.15, -0.1) is 0 Å². The highest BCUT2D eigenvalue weighted by Gasteiger charge is 2.53. The molecule has 2 fully saturated rings. The van der Waals surface area contributed by atoms with E-state index in [2.05, 4.69) is 0 Å². The van der Waals surface area contributed by atoms with Gasteiger partial charge in [0.1, 0.15) is 35.4 Å². The summed E-state index contributed by atoms with van der Waals surface area (Å²) in [6.07, 6.45) is -6.80. The summed E-state index contributed by atoms with van der Waals surface area (Å²) in [7, 11) is 4.83. The van der Waals surface area contributed by atoms with Crippen LogP contribution >= 0.6 is 0 Å². The van der Waals surface area contributed by atoms with Gasteiger partial charge in [0, 0.05) is 36.4 Å². The Labute approximate surface area is 294 Å². The van der Waals surface area contributed by atoms with Crippen molar-refractivity contribution in [3.8, 4) is 17.2 Å². The van der Waals surface area contributed by atoms with Crippen molar-refractivity contribution >= 4 is 17.5 Å². The molecule has 0 radical (unpaired) electrons. The van der Waals surface area contributed by atoms with Gasteiger partial charge in [-0.25, -0.2) is 0 Å². The maximum absolute atomic E-state index is 13.9. The zero-order chi connectivity index (χ0) is 37.3. The lowest BCUT2D eigenvalue weighted by Gasteiger charge is -2.48. The van der Waals surface area contributed by atoms with Crippen LogP contribution in [0.3, 0.4) is 0 Å². The van der Waals surface area contributed by atoms with Crippen LogP contribution < -0.4 is 0 Å². The first kappa shape index (κ1) is 37.1. The molecule has 0 saturated carbocycles. The van der Waals surface area contributed by atoms with Crippen LogP contribution in [0.1, 0.15) is 101 Å². The number of benzene rings is 2. The minimum absolute atomic E-state index is 0.00137. The summed E-state index contributed by atoms with van der Waals surface area (Å²) in [6, 6.07) is 3.04. The predicted molar refractivity (Wildman–Crippen MR) is 175 cm³/mol. The van der Waals surface area contributed by atoms with E-state index in [4.69, 9.17) is 23.7 Å². The Bertz CT molecular complexity index is 1720. The fraction of sp³-hybridized carbons (Fsp3) is 0.583. The number of aliphatic hydroxyl groups excluding tert-OH is 2. The number of aliphatic hydroxyl groups is 3. The number of rotatable bonds is 7. The molecular formula is C36H45NO14. The van der Waals surface area contributed by atoms with Crippen molar-refractivity contribution in [1.29, 1.82) is 0 Å². The molecular weight excluding hydrogens is 670 g/mol. The summed E-state index contributed by atoms with van der Waals surface area (Å²) < 4.78 is 30.0. The molecule has 0 aromatic heterocycles. The van der Waals surface area contributed by atoms with Crippen LogP contribution in [0, 0.1) is 0 Å². The quantitative estimate of drug-likeness (QED) is 0.152. The second-order valence-corrected chi connectivity index (χ2v) is 14.1. The van der Waals surface area contributed by atoms with Crippen LogP contribution in [0.5, 0.6) is 17.2 Å². The molecule has 0 bridgehead atoms. The zero-order valence-corrected chi connectivity index (χ0v) is 29.2. The first-order chi connectivity index (χ1) is 24.0. The van der Waals surface area contributed by atoms with E-state index in [-0.39, 0.29) is 48.4 Å². The molecule has 0 spiro atoms. The number of ether oxygens (including phenoxy) is 5. The van der Waals surface area contributed by atoms with Gasteiger partial charge in [-0.05, 0) is 58.1 Å². The Morgan fingerprint density at radius 2 is 1.55 bits per heavy atom. The first-order valence-corrected chi connectivity index (χ1v) is 17.0. The number of ketones is 2. The highest BCUT2D eigenvalue weighted by molar-refractivity contribution is 6.31. The lowest BCUT2D eigenvalue weighted by atomic mass is 9.67. The lowest BCUT2D eigenvalue weighted by Crippen LogP contribution is -2.57. The fourth-order valence-corrected chi connectivity index (χ4v) is 8.03. The molecule has 15 heteroatoms. The molecule has 15 nitrogen and oxygen atoms in total. The molecule has 51 heavy (non-hydrogen) atoms. The monoisotopic (exact) mass is 715 g/mol. The van der Waals surface area contributed by atoms with Crippen molar-refractivity contribution in [3.05, 3.63) is 51.6 Å². The molecule has 9 unspecified atom stereocenters. The lowest BCUT2D eigenvalue weighted by molar-refractivity contribution is -0.310. The predicted octanol–water partition coefficient (Wildman–Crippen LogP) is 1.74. The van der Waals surface area contributed by atoms with Gasteiger partial charge in [0.15, 0.2) is 18.4 Å². The van der Waals surface area contributed by atoms with Gasteiger partial charge in [0.05, 0.1) is 53.8 Å². The second kappa shape index (κ2) is 13.7. The average Bonchev–Trinajstić information content (AvgIpc) is 3.07. The van der Waals surface area contributed by atoms with E-state index < -0.39 is 112 Å². The van der Waals surface area contributed by atoms with Crippen LogP contribution in [-0.2, 0) is 28.5 Å². The fourth-order valence-electron chi connectivity index (χ4n) is 8.03. The van der Waals surface area contributed by atoms with Crippen LogP contribution in [0.2, 0.25) is 0 Å². The minimum atomic E-state index is -1.79. The molecule has 0 amide bonds. The number of hydrogen-bond donors (Lipinski definition) is 6. The van der Waals surface area contributed by atoms with Gasteiger partial charge in [-0.3, -0.25) is 14.4 Å². The van der Waals surface area contributed by atoms with Crippen LogP contribution in [0.4, 0.5) is 0 Å². The SMILES string of the molecule is CCC1(O)C[C@H](OC2CC(N(C)C)C(OC3CC(O)C(O)C(C)O3)C(C)O2)c2c(cc3c(c2O)C(=O)c2c(O)ccc(O)c2C3=O)[C@H]1C(=O)OC. The average molecular weight is 716 g/mol. The number of fused-ring (bicyclic) bond motifs is 3. The normalized spacial score (nSPS) is 34.9. The molecule has 2 aromatic rings. The number of nitrogens with zero attached hydrogens (tertiary/aromatic N) is 1. The smallest absolute Gasteiger partial charge is 0.316 e. The molecule has 11 atom stereocenters. The Balaban J connectivity index is 1.39. The molecule has 2 aliphatic carbocycles. The van der Waals surface area contributed by atoms with Crippen molar-refractivity contribution < 1.29 is 68.7 Å². The van der Waals surface area contributed by atoms with Gasteiger partial charge in [-0.2, -0.15) is 0 Å². The van der Waals surface area contributed by atoms with Crippen molar-refractivity contribution in [2.75, 3.05) is 21.2 Å². The molecule has 278 valence electrons. The number of hydrogen-bond acceptors (Lipinski definition) is 15. The summed E-state index contributed by atoms with van der Waals surface area (Å²) in [4.78, 5) is 42.9. The topological polar surface area (TPSA) is 222 Å². The van der Waals surface area contributed by atoms with E-state index in [1.807, 2.05) is 19.0 Å². The molecule has 6 rings (SSSR count). The summed E-state index contributed by atoms with van der Waals surface area (Å²) >= 11 is 0. The van der Waals surface area contributed by atoms with Crippen LogP contribution in [0.25, 0.3) is 0 Å². The summed E-state index contributed by atoms with van der Waals surface area (Å²) in [6.45, 7) is 5.08. The third kappa shape index (κ3) is 6.18.